The molecule has 0 atom stereocenters. The summed E-state index contributed by atoms with van der Waals surface area (Å²) in [5.74, 6) is 0.161. The lowest BCUT2D eigenvalue weighted by Crippen LogP contribution is -2.51. The zero-order chi connectivity index (χ0) is 16.6. The molecule has 0 saturated carbocycles. The Bertz CT molecular complexity index is 326. The van der Waals surface area contributed by atoms with Gasteiger partial charge in [0.1, 0.15) is 0 Å². The van der Waals surface area contributed by atoms with Gasteiger partial charge in [0.15, 0.2) is 0 Å². The third-order valence-electron chi connectivity index (χ3n) is 3.28. The molecule has 0 spiro atoms. The van der Waals surface area contributed by atoms with Crippen LogP contribution in [0.5, 0.6) is 0 Å². The third kappa shape index (κ3) is 10.2. The van der Waals surface area contributed by atoms with Crippen molar-refractivity contribution < 1.29 is 14.7 Å². The molecule has 0 bridgehead atoms. The highest BCUT2D eigenvalue weighted by Crippen LogP contribution is 2.11. The summed E-state index contributed by atoms with van der Waals surface area (Å²) in [5.41, 5.74) is -0.739. The predicted molar refractivity (Wildman–Crippen MR) is 85.3 cm³/mol. The quantitative estimate of drug-likeness (QED) is 0.686. The average molecular weight is 300 g/mol. The number of carbonyl (C=O) groups is 2. The summed E-state index contributed by atoms with van der Waals surface area (Å²) in [6, 6.07) is -0.164. The normalized spacial score (nSPS) is 11.8. The summed E-state index contributed by atoms with van der Waals surface area (Å²) in [6.45, 7) is 13.4. The molecule has 0 rings (SSSR count). The molecule has 0 radical (unpaired) electrons. The molecule has 0 aliphatic rings. The number of carboxylic acid groups (broad SMARTS) is 1. The molecule has 0 unspecified atom stereocenters. The maximum Gasteiger partial charge on any atom is 0.317 e. The molecule has 5 heteroatoms. The monoisotopic (exact) mass is 300 g/mol. The molecule has 0 aliphatic carbocycles. The Kier molecular flexibility index (Phi) is 8.37. The van der Waals surface area contributed by atoms with Crippen molar-refractivity contribution in [1.29, 1.82) is 0 Å². The lowest BCUT2D eigenvalue weighted by Gasteiger charge is -2.31. The van der Waals surface area contributed by atoms with E-state index in [1.165, 1.54) is 0 Å². The van der Waals surface area contributed by atoms with Gasteiger partial charge in [-0.3, -0.25) is 4.79 Å². The van der Waals surface area contributed by atoms with E-state index in [-0.39, 0.29) is 12.5 Å². The number of urea groups is 1. The van der Waals surface area contributed by atoms with Crippen molar-refractivity contribution in [3.05, 3.63) is 0 Å². The molecule has 0 fully saturated rings. The van der Waals surface area contributed by atoms with E-state index in [2.05, 4.69) is 33.0 Å². The summed E-state index contributed by atoms with van der Waals surface area (Å²) in [5, 5.41) is 11.7. The number of nitrogens with zero attached hydrogens (tertiary/aromatic N) is 1. The number of aliphatic carboxylic acids is 1. The highest BCUT2D eigenvalue weighted by Gasteiger charge is 2.26. The number of carboxylic acids is 1. The highest BCUT2D eigenvalue weighted by molar-refractivity contribution is 5.76. The maximum atomic E-state index is 12.4. The van der Waals surface area contributed by atoms with Gasteiger partial charge in [0.2, 0.25) is 0 Å². The van der Waals surface area contributed by atoms with Crippen LogP contribution < -0.4 is 5.32 Å². The molecule has 0 aliphatic heterocycles. The van der Waals surface area contributed by atoms with Crippen molar-refractivity contribution in [1.82, 2.24) is 10.2 Å². The molecule has 0 aromatic heterocycles. The van der Waals surface area contributed by atoms with E-state index in [1.54, 1.807) is 13.8 Å². The summed E-state index contributed by atoms with van der Waals surface area (Å²) in [7, 11) is 0. The summed E-state index contributed by atoms with van der Waals surface area (Å²) >= 11 is 0. The molecule has 2 N–H and O–H groups in total. The van der Waals surface area contributed by atoms with Gasteiger partial charge >= 0.3 is 12.0 Å². The minimum Gasteiger partial charge on any atom is -0.481 e. The van der Waals surface area contributed by atoms with Gasteiger partial charge in [-0.25, -0.2) is 4.79 Å². The van der Waals surface area contributed by atoms with E-state index in [0.717, 1.165) is 12.8 Å². The van der Waals surface area contributed by atoms with E-state index in [4.69, 9.17) is 5.11 Å². The fourth-order valence-electron chi connectivity index (χ4n) is 1.93. The van der Waals surface area contributed by atoms with Gasteiger partial charge in [-0.2, -0.15) is 0 Å². The first-order chi connectivity index (χ1) is 9.53. The molecule has 124 valence electrons. The van der Waals surface area contributed by atoms with Crippen LogP contribution in [0.2, 0.25) is 0 Å². The Morgan fingerprint density at radius 1 is 1.05 bits per heavy atom. The minimum absolute atomic E-state index is 0.0824. The van der Waals surface area contributed by atoms with E-state index >= 15 is 0 Å². The number of nitrogens with one attached hydrogen (secondary N) is 1. The Morgan fingerprint density at radius 2 is 1.48 bits per heavy atom. The van der Waals surface area contributed by atoms with Crippen molar-refractivity contribution in [3.63, 3.8) is 0 Å². The lowest BCUT2D eigenvalue weighted by molar-refractivity contribution is -0.138. The van der Waals surface area contributed by atoms with Crippen LogP contribution in [0.25, 0.3) is 0 Å². The van der Waals surface area contributed by atoms with E-state index < -0.39 is 11.5 Å². The number of carbonyl (C=O) groups excluding carboxylic acids is 1. The SMILES string of the molecule is CC(C)CCN(CCC(C)C)C(=O)NC(C)(C)CC(=O)O. The zero-order valence-corrected chi connectivity index (χ0v) is 14.4. The van der Waals surface area contributed by atoms with Gasteiger partial charge in [-0.1, -0.05) is 27.7 Å². The van der Waals surface area contributed by atoms with Gasteiger partial charge in [-0.15, -0.1) is 0 Å². The van der Waals surface area contributed by atoms with Gasteiger partial charge in [-0.05, 0) is 38.5 Å². The lowest BCUT2D eigenvalue weighted by atomic mass is 10.0. The van der Waals surface area contributed by atoms with Crippen LogP contribution in [0.3, 0.4) is 0 Å². The Labute approximate surface area is 129 Å². The zero-order valence-electron chi connectivity index (χ0n) is 14.4. The Hall–Kier alpha value is -1.26. The smallest absolute Gasteiger partial charge is 0.317 e. The van der Waals surface area contributed by atoms with E-state index in [0.29, 0.717) is 24.9 Å². The van der Waals surface area contributed by atoms with E-state index in [1.807, 2.05) is 4.90 Å². The van der Waals surface area contributed by atoms with Gasteiger partial charge in [0.05, 0.1) is 6.42 Å². The maximum absolute atomic E-state index is 12.4. The molecule has 0 heterocycles. The molecule has 0 aromatic rings. The second-order valence-electron chi connectivity index (χ2n) is 7.24. The van der Waals surface area contributed by atoms with Crippen LogP contribution in [0, 0.1) is 11.8 Å². The first-order valence-electron chi connectivity index (χ1n) is 7.82. The van der Waals surface area contributed by atoms with Crippen molar-refractivity contribution in [3.8, 4) is 0 Å². The predicted octanol–water partition coefficient (Wildman–Crippen LogP) is 3.34. The second-order valence-corrected chi connectivity index (χ2v) is 7.24. The van der Waals surface area contributed by atoms with Crippen molar-refractivity contribution in [2.24, 2.45) is 11.8 Å². The number of rotatable bonds is 9. The average Bonchev–Trinajstić information content (AvgIpc) is 2.24. The fraction of sp³-hybridized carbons (Fsp3) is 0.875. The number of hydrogen-bond donors (Lipinski definition) is 2. The molecule has 5 nitrogen and oxygen atoms in total. The number of hydrogen-bond acceptors (Lipinski definition) is 2. The highest BCUT2D eigenvalue weighted by atomic mass is 16.4. The first kappa shape index (κ1) is 19.7. The van der Waals surface area contributed by atoms with Crippen molar-refractivity contribution in [2.75, 3.05) is 13.1 Å². The number of amides is 2. The van der Waals surface area contributed by atoms with Crippen LogP contribution in [0.1, 0.15) is 60.8 Å². The van der Waals surface area contributed by atoms with Gasteiger partial charge in [0.25, 0.3) is 0 Å². The van der Waals surface area contributed by atoms with Crippen LogP contribution in [-0.4, -0.2) is 40.6 Å². The van der Waals surface area contributed by atoms with E-state index in [9.17, 15) is 9.59 Å². The topological polar surface area (TPSA) is 69.6 Å². The molecule has 21 heavy (non-hydrogen) atoms. The largest absolute Gasteiger partial charge is 0.481 e. The minimum atomic E-state index is -0.906. The van der Waals surface area contributed by atoms with Gasteiger partial charge < -0.3 is 15.3 Å². The summed E-state index contributed by atoms with van der Waals surface area (Å²) in [6.07, 6.45) is 1.82. The summed E-state index contributed by atoms with van der Waals surface area (Å²) in [4.78, 5) is 25.0. The molecular weight excluding hydrogens is 268 g/mol. The van der Waals surface area contributed by atoms with Crippen LogP contribution >= 0.6 is 0 Å². The molecule has 2 amide bonds. The van der Waals surface area contributed by atoms with Crippen molar-refractivity contribution in [2.45, 2.75) is 66.3 Å². The first-order valence-corrected chi connectivity index (χ1v) is 7.82. The Morgan fingerprint density at radius 3 is 1.81 bits per heavy atom. The van der Waals surface area contributed by atoms with Crippen LogP contribution in [0.15, 0.2) is 0 Å². The molecular formula is C16H32N2O3. The van der Waals surface area contributed by atoms with Crippen LogP contribution in [-0.2, 0) is 4.79 Å². The molecule has 0 saturated heterocycles. The van der Waals surface area contributed by atoms with Gasteiger partial charge in [0, 0.05) is 18.6 Å². The second kappa shape index (κ2) is 8.90. The standard InChI is InChI=1S/C16H32N2O3/c1-12(2)7-9-18(10-8-13(3)4)15(21)17-16(5,6)11-14(19)20/h12-13H,7-11H2,1-6H3,(H,17,21)(H,19,20). The third-order valence-corrected chi connectivity index (χ3v) is 3.28. The Balaban J connectivity index is 4.64. The van der Waals surface area contributed by atoms with Crippen molar-refractivity contribution >= 4 is 12.0 Å². The molecule has 0 aromatic carbocycles. The fourth-order valence-corrected chi connectivity index (χ4v) is 1.93. The summed E-state index contributed by atoms with van der Waals surface area (Å²) < 4.78 is 0. The van der Waals surface area contributed by atoms with Crippen LogP contribution in [0.4, 0.5) is 4.79 Å².